The lowest BCUT2D eigenvalue weighted by Crippen LogP contribution is -2.14. The molecule has 0 atom stereocenters. The van der Waals surface area contributed by atoms with E-state index >= 15 is 0 Å². The Balaban J connectivity index is 1.69. The van der Waals surface area contributed by atoms with E-state index < -0.39 is 0 Å². The minimum absolute atomic E-state index is 1.01. The summed E-state index contributed by atoms with van der Waals surface area (Å²) in [5.74, 6) is 0. The van der Waals surface area contributed by atoms with Gasteiger partial charge in [-0.2, -0.15) is 0 Å². The summed E-state index contributed by atoms with van der Waals surface area (Å²) in [6.45, 7) is 8.87. The molecule has 0 saturated heterocycles. The summed E-state index contributed by atoms with van der Waals surface area (Å²) in [5.41, 5.74) is 12.3. The number of hydrogen-bond acceptors (Lipinski definition) is 2. The molecule has 0 N–H and O–H groups in total. The molecule has 5 rings (SSSR count). The highest BCUT2D eigenvalue weighted by Crippen LogP contribution is 2.41. The minimum Gasteiger partial charge on any atom is -0.310 e. The normalized spacial score (nSPS) is 10.9. The summed E-state index contributed by atoms with van der Waals surface area (Å²) in [6, 6.07) is 44.7. The van der Waals surface area contributed by atoms with Gasteiger partial charge in [0.2, 0.25) is 0 Å². The van der Waals surface area contributed by atoms with Gasteiger partial charge < -0.3 is 9.80 Å². The predicted octanol–water partition coefficient (Wildman–Crippen LogP) is 10.9. The van der Waals surface area contributed by atoms with Crippen molar-refractivity contribution < 1.29 is 0 Å². The van der Waals surface area contributed by atoms with Crippen LogP contribution >= 0.6 is 0 Å². The largest absolute Gasteiger partial charge is 0.310 e. The molecule has 2 nitrogen and oxygen atoms in total. The number of hydrogen-bond donors (Lipinski definition) is 0. The highest BCUT2D eigenvalue weighted by Gasteiger charge is 2.18. The fourth-order valence-corrected chi connectivity index (χ4v) is 5.33. The van der Waals surface area contributed by atoms with E-state index in [1.807, 2.05) is 0 Å². The summed E-state index contributed by atoms with van der Waals surface area (Å²) in [6.07, 6.45) is 4.02. The average Bonchev–Trinajstić information content (AvgIpc) is 3.02. The van der Waals surface area contributed by atoms with Gasteiger partial charge in [-0.25, -0.2) is 0 Å². The zero-order valence-corrected chi connectivity index (χ0v) is 24.3. The Bertz CT molecular complexity index is 1360. The summed E-state index contributed by atoms with van der Waals surface area (Å²) < 4.78 is 0. The number of anilines is 6. The topological polar surface area (TPSA) is 6.48 Å². The summed E-state index contributed by atoms with van der Waals surface area (Å²) in [4.78, 5) is 4.79. The lowest BCUT2D eigenvalue weighted by molar-refractivity contribution is 1.12. The van der Waals surface area contributed by atoms with E-state index in [2.05, 4.69) is 159 Å². The second kappa shape index (κ2) is 12.7. The van der Waals surface area contributed by atoms with Gasteiger partial charge >= 0.3 is 0 Å². The van der Waals surface area contributed by atoms with Gasteiger partial charge in [-0.1, -0.05) is 82.3 Å². The van der Waals surface area contributed by atoms with E-state index in [0.29, 0.717) is 0 Å². The average molecular weight is 525 g/mol. The SMILES string of the molecule is CCc1cccc(N(c2cccc(CC)c2)c2cccc(N(c3cccc(CC)c3)c3cccc(CC)c3)c2)c1. The second-order valence-corrected chi connectivity index (χ2v) is 10.3. The lowest BCUT2D eigenvalue weighted by atomic mass is 10.1. The maximum absolute atomic E-state index is 2.39. The Hall–Kier alpha value is -4.30. The van der Waals surface area contributed by atoms with Crippen LogP contribution in [-0.4, -0.2) is 0 Å². The highest BCUT2D eigenvalue weighted by molar-refractivity contribution is 5.83. The second-order valence-electron chi connectivity index (χ2n) is 10.3. The van der Waals surface area contributed by atoms with E-state index in [4.69, 9.17) is 0 Å². The molecule has 5 aromatic rings. The van der Waals surface area contributed by atoms with E-state index in [0.717, 1.165) is 37.1 Å². The van der Waals surface area contributed by atoms with Gasteiger partial charge in [0, 0.05) is 34.1 Å². The van der Waals surface area contributed by atoms with Gasteiger partial charge in [-0.05, 0) is 115 Å². The molecule has 0 radical (unpaired) electrons. The summed E-state index contributed by atoms with van der Waals surface area (Å²) in [7, 11) is 0. The predicted molar refractivity (Wildman–Crippen MR) is 173 cm³/mol. The molecular formula is C38H40N2. The molecule has 0 unspecified atom stereocenters. The van der Waals surface area contributed by atoms with Crippen molar-refractivity contribution in [2.24, 2.45) is 0 Å². The number of benzene rings is 5. The Labute approximate surface area is 240 Å². The Morgan fingerprint density at radius 1 is 0.325 bits per heavy atom. The molecule has 0 aromatic heterocycles. The Kier molecular flexibility index (Phi) is 8.66. The monoisotopic (exact) mass is 524 g/mol. The third kappa shape index (κ3) is 5.97. The van der Waals surface area contributed by atoms with Crippen LogP contribution in [0, 0.1) is 0 Å². The molecule has 0 fully saturated rings. The van der Waals surface area contributed by atoms with Crippen molar-refractivity contribution in [2.75, 3.05) is 9.80 Å². The molecule has 202 valence electrons. The zero-order chi connectivity index (χ0) is 27.9. The fourth-order valence-electron chi connectivity index (χ4n) is 5.33. The summed E-state index contributed by atoms with van der Waals surface area (Å²) in [5, 5.41) is 0. The van der Waals surface area contributed by atoms with Crippen molar-refractivity contribution in [3.8, 4) is 0 Å². The standard InChI is InChI=1S/C38H40N2/c1-5-29-14-9-18-33(24-29)39(34-19-10-15-30(6-2)25-34)37-22-13-23-38(28-37)40(35-20-11-16-31(7-3)26-35)36-21-12-17-32(8-4)27-36/h9-28H,5-8H2,1-4H3. The molecule has 0 aliphatic carbocycles. The van der Waals surface area contributed by atoms with Crippen LogP contribution in [0.25, 0.3) is 0 Å². The van der Waals surface area contributed by atoms with E-state index in [1.165, 1.54) is 45.0 Å². The van der Waals surface area contributed by atoms with Crippen molar-refractivity contribution >= 4 is 34.1 Å². The molecule has 0 spiro atoms. The van der Waals surface area contributed by atoms with E-state index in [-0.39, 0.29) is 0 Å². The van der Waals surface area contributed by atoms with Gasteiger partial charge in [-0.3, -0.25) is 0 Å². The maximum atomic E-state index is 2.39. The molecule has 0 heterocycles. The van der Waals surface area contributed by atoms with Crippen LogP contribution in [0.2, 0.25) is 0 Å². The molecule has 5 aromatic carbocycles. The quantitative estimate of drug-likeness (QED) is 0.179. The highest BCUT2D eigenvalue weighted by atomic mass is 15.2. The zero-order valence-electron chi connectivity index (χ0n) is 24.3. The number of nitrogens with zero attached hydrogens (tertiary/aromatic N) is 2. The van der Waals surface area contributed by atoms with Crippen molar-refractivity contribution in [3.05, 3.63) is 144 Å². The van der Waals surface area contributed by atoms with E-state index in [9.17, 15) is 0 Å². The van der Waals surface area contributed by atoms with Crippen LogP contribution in [0.5, 0.6) is 0 Å². The van der Waals surface area contributed by atoms with Gasteiger partial charge in [0.1, 0.15) is 0 Å². The van der Waals surface area contributed by atoms with Crippen molar-refractivity contribution in [1.82, 2.24) is 0 Å². The minimum atomic E-state index is 1.01. The first-order valence-electron chi connectivity index (χ1n) is 14.7. The molecular weight excluding hydrogens is 484 g/mol. The molecule has 40 heavy (non-hydrogen) atoms. The van der Waals surface area contributed by atoms with E-state index in [1.54, 1.807) is 0 Å². The third-order valence-corrected chi connectivity index (χ3v) is 7.65. The molecule has 0 aliphatic rings. The first-order chi connectivity index (χ1) is 19.6. The smallest absolute Gasteiger partial charge is 0.0482 e. The Morgan fingerprint density at radius 2 is 0.550 bits per heavy atom. The van der Waals surface area contributed by atoms with Crippen molar-refractivity contribution in [1.29, 1.82) is 0 Å². The number of rotatable bonds is 10. The van der Waals surface area contributed by atoms with Crippen LogP contribution in [0.1, 0.15) is 49.9 Å². The third-order valence-electron chi connectivity index (χ3n) is 7.65. The van der Waals surface area contributed by atoms with Crippen molar-refractivity contribution in [3.63, 3.8) is 0 Å². The number of aryl methyl sites for hydroxylation is 4. The molecule has 0 saturated carbocycles. The lowest BCUT2D eigenvalue weighted by Gasteiger charge is -2.30. The molecule has 0 bridgehead atoms. The van der Waals surface area contributed by atoms with Crippen LogP contribution in [0.4, 0.5) is 34.1 Å². The van der Waals surface area contributed by atoms with Gasteiger partial charge in [0.25, 0.3) is 0 Å². The first-order valence-corrected chi connectivity index (χ1v) is 14.7. The van der Waals surface area contributed by atoms with Gasteiger partial charge in [-0.15, -0.1) is 0 Å². The first kappa shape index (κ1) is 27.3. The fraction of sp³-hybridized carbons (Fsp3) is 0.211. The van der Waals surface area contributed by atoms with Gasteiger partial charge in [0.05, 0.1) is 0 Å². The summed E-state index contributed by atoms with van der Waals surface area (Å²) >= 11 is 0. The molecule has 2 heteroatoms. The van der Waals surface area contributed by atoms with Gasteiger partial charge in [0.15, 0.2) is 0 Å². The molecule has 0 aliphatic heterocycles. The van der Waals surface area contributed by atoms with Crippen LogP contribution in [0.3, 0.4) is 0 Å². The van der Waals surface area contributed by atoms with Crippen molar-refractivity contribution in [2.45, 2.75) is 53.4 Å². The van der Waals surface area contributed by atoms with Crippen LogP contribution in [-0.2, 0) is 25.7 Å². The molecule has 0 amide bonds. The van der Waals surface area contributed by atoms with Crippen LogP contribution in [0.15, 0.2) is 121 Å². The van der Waals surface area contributed by atoms with Crippen LogP contribution < -0.4 is 9.80 Å². The Morgan fingerprint density at radius 3 is 0.800 bits per heavy atom. The maximum Gasteiger partial charge on any atom is 0.0482 e.